The van der Waals surface area contributed by atoms with Gasteiger partial charge in [-0.25, -0.2) is 4.79 Å². The maximum Gasteiger partial charge on any atom is 0.424 e. The van der Waals surface area contributed by atoms with Crippen LogP contribution in [-0.2, 0) is 19.1 Å². The minimum Gasteiger partial charge on any atom is -0.438 e. The molecule has 0 saturated carbocycles. The van der Waals surface area contributed by atoms with Crippen molar-refractivity contribution >= 4 is 73.8 Å². The van der Waals surface area contributed by atoms with Gasteiger partial charge >= 0.3 is 6.09 Å². The summed E-state index contributed by atoms with van der Waals surface area (Å²) in [5.41, 5.74) is 0. The van der Waals surface area contributed by atoms with E-state index in [0.717, 1.165) is 0 Å². The molecule has 0 aromatic heterocycles. The van der Waals surface area contributed by atoms with E-state index >= 15 is 0 Å². The predicted molar refractivity (Wildman–Crippen MR) is 76.2 cm³/mol. The average Bonchev–Trinajstić information content (AvgIpc) is 2.36. The van der Waals surface area contributed by atoms with E-state index in [1.807, 2.05) is 0 Å². The largest absolute Gasteiger partial charge is 0.438 e. The molecule has 0 aromatic rings. The summed E-state index contributed by atoms with van der Waals surface area (Å²) in [5, 5.41) is -0.206. The molecule has 0 spiro atoms. The van der Waals surface area contributed by atoms with E-state index in [4.69, 9.17) is 16.3 Å². The van der Waals surface area contributed by atoms with Crippen molar-refractivity contribution in [3.8, 4) is 0 Å². The average molecular weight is 454 g/mol. The molecule has 0 fully saturated rings. The summed E-state index contributed by atoms with van der Waals surface area (Å²) in [6.45, 7) is 1.31. The number of hydrogen-bond acceptors (Lipinski definition) is 5. The predicted octanol–water partition coefficient (Wildman–Crippen LogP) is 1.50. The minimum atomic E-state index is -1.17. The Morgan fingerprint density at radius 1 is 1.33 bits per heavy atom. The van der Waals surface area contributed by atoms with Crippen molar-refractivity contribution in [2.75, 3.05) is 15.6 Å². The second-order valence-electron chi connectivity index (χ2n) is 3.02. The Morgan fingerprint density at radius 2 is 1.89 bits per heavy atom. The van der Waals surface area contributed by atoms with E-state index in [9.17, 15) is 19.2 Å². The number of Topliss-reactive ketones (excluding diaryl/α,β-unsaturated/α-hetero) is 1. The van der Waals surface area contributed by atoms with Crippen LogP contribution in [0.4, 0.5) is 4.79 Å². The Labute approximate surface area is 131 Å². The molecule has 3 amide bonds. The third kappa shape index (κ3) is 5.19. The van der Waals surface area contributed by atoms with Crippen molar-refractivity contribution in [2.24, 2.45) is 0 Å². The molecule has 0 aliphatic heterocycles. The number of carbonyl (C=O) groups is 4. The molecule has 0 aliphatic carbocycles. The van der Waals surface area contributed by atoms with E-state index < -0.39 is 29.8 Å². The minimum absolute atomic E-state index is 0.0660. The topological polar surface area (TPSA) is 80.8 Å². The summed E-state index contributed by atoms with van der Waals surface area (Å²) in [6, 6.07) is 0. The summed E-state index contributed by atoms with van der Waals surface area (Å²) in [7, 11) is 0. The van der Waals surface area contributed by atoms with Gasteiger partial charge in [-0.05, 0) is 6.92 Å². The fraction of sp³-hybridized carbons (Fsp3) is 0.556. The molecular weight excluding hydrogens is 444 g/mol. The Bertz CT molecular complexity index is 349. The lowest BCUT2D eigenvalue weighted by atomic mass is 10.3. The van der Waals surface area contributed by atoms with Gasteiger partial charge in [0.25, 0.3) is 0 Å². The number of carbonyl (C=O) groups excluding carboxylic acids is 4. The molecular formula is C9H10BrClINO5. The van der Waals surface area contributed by atoms with Crippen LogP contribution >= 0.6 is 50.1 Å². The van der Waals surface area contributed by atoms with Gasteiger partial charge in [0.2, 0.25) is 11.8 Å². The van der Waals surface area contributed by atoms with Gasteiger partial charge in [0.1, 0.15) is 0 Å². The van der Waals surface area contributed by atoms with E-state index in [1.54, 1.807) is 22.6 Å². The van der Waals surface area contributed by atoms with Crippen LogP contribution in [0.1, 0.15) is 6.92 Å². The highest BCUT2D eigenvalue weighted by molar-refractivity contribution is 14.1. The summed E-state index contributed by atoms with van der Waals surface area (Å²) in [6.07, 6.45) is -2.28. The van der Waals surface area contributed by atoms with Crippen LogP contribution < -0.4 is 0 Å². The standard InChI is InChI=1S/C9H10BrClINO5/c1-5(6(14)3-11)18-9(17)13(7(15)2-10)8(16)4-12/h5H,2-4H2,1H3. The molecule has 0 bridgehead atoms. The zero-order valence-corrected chi connectivity index (χ0v) is 13.8. The molecule has 0 saturated heterocycles. The molecule has 0 aromatic carbocycles. The van der Waals surface area contributed by atoms with Crippen molar-refractivity contribution in [1.82, 2.24) is 4.90 Å². The quantitative estimate of drug-likeness (QED) is 0.465. The molecule has 1 unspecified atom stereocenters. The second kappa shape index (κ2) is 8.81. The lowest BCUT2D eigenvalue weighted by Gasteiger charge is -2.19. The lowest BCUT2D eigenvalue weighted by Crippen LogP contribution is -2.45. The normalized spacial score (nSPS) is 11.6. The fourth-order valence-electron chi connectivity index (χ4n) is 0.841. The summed E-state index contributed by atoms with van der Waals surface area (Å²) in [5.74, 6) is -2.30. The van der Waals surface area contributed by atoms with E-state index in [2.05, 4.69) is 15.9 Å². The number of alkyl halides is 3. The SMILES string of the molecule is CC(OC(=O)N(C(=O)CBr)C(=O)CI)C(=O)CCl. The molecule has 18 heavy (non-hydrogen) atoms. The number of rotatable bonds is 5. The first-order valence-electron chi connectivity index (χ1n) is 4.66. The first-order chi connectivity index (χ1) is 8.38. The van der Waals surface area contributed by atoms with Crippen LogP contribution in [0.5, 0.6) is 0 Å². The zero-order chi connectivity index (χ0) is 14.3. The molecule has 0 heterocycles. The van der Waals surface area contributed by atoms with Gasteiger partial charge in [0.05, 0.1) is 15.6 Å². The van der Waals surface area contributed by atoms with Crippen molar-refractivity contribution < 1.29 is 23.9 Å². The first-order valence-corrected chi connectivity index (χ1v) is 7.84. The highest BCUT2D eigenvalue weighted by Crippen LogP contribution is 2.05. The molecule has 0 aliphatic rings. The number of ether oxygens (including phenoxy) is 1. The van der Waals surface area contributed by atoms with Crippen LogP contribution in [-0.4, -0.2) is 50.3 Å². The maximum atomic E-state index is 11.6. The maximum absolute atomic E-state index is 11.6. The number of imide groups is 3. The smallest absolute Gasteiger partial charge is 0.424 e. The summed E-state index contributed by atoms with van der Waals surface area (Å²) in [4.78, 5) is 46.0. The van der Waals surface area contributed by atoms with E-state index in [-0.39, 0.29) is 15.6 Å². The Morgan fingerprint density at radius 3 is 2.28 bits per heavy atom. The highest BCUT2D eigenvalue weighted by atomic mass is 127. The number of ketones is 1. The Balaban J connectivity index is 4.82. The van der Waals surface area contributed by atoms with Crippen LogP contribution in [0.2, 0.25) is 0 Å². The number of hydrogen-bond donors (Lipinski definition) is 0. The number of halogens is 3. The van der Waals surface area contributed by atoms with Crippen LogP contribution in [0, 0.1) is 0 Å². The van der Waals surface area contributed by atoms with Gasteiger partial charge in [-0.15, -0.1) is 11.6 Å². The zero-order valence-electron chi connectivity index (χ0n) is 9.32. The lowest BCUT2D eigenvalue weighted by molar-refractivity contribution is -0.140. The Hall–Kier alpha value is -0.220. The fourth-order valence-corrected chi connectivity index (χ4v) is 1.65. The molecule has 102 valence electrons. The van der Waals surface area contributed by atoms with Gasteiger partial charge in [-0.2, -0.15) is 4.90 Å². The van der Waals surface area contributed by atoms with Crippen LogP contribution in [0.25, 0.3) is 0 Å². The molecule has 9 heteroatoms. The first kappa shape index (κ1) is 17.8. The van der Waals surface area contributed by atoms with Gasteiger partial charge in [0.15, 0.2) is 11.9 Å². The third-order valence-corrected chi connectivity index (χ3v) is 3.17. The second-order valence-corrected chi connectivity index (χ2v) is 4.61. The van der Waals surface area contributed by atoms with Gasteiger partial charge < -0.3 is 4.74 Å². The Kier molecular flexibility index (Phi) is 8.70. The van der Waals surface area contributed by atoms with Crippen LogP contribution in [0.15, 0.2) is 0 Å². The number of nitrogens with zero attached hydrogens (tertiary/aromatic N) is 1. The van der Waals surface area contributed by atoms with Gasteiger partial charge in [0, 0.05) is 0 Å². The summed E-state index contributed by atoms with van der Waals surface area (Å²) >= 11 is 9.85. The molecule has 1 atom stereocenters. The van der Waals surface area contributed by atoms with Crippen molar-refractivity contribution in [3.63, 3.8) is 0 Å². The highest BCUT2D eigenvalue weighted by Gasteiger charge is 2.30. The van der Waals surface area contributed by atoms with E-state index in [1.165, 1.54) is 6.92 Å². The monoisotopic (exact) mass is 453 g/mol. The van der Waals surface area contributed by atoms with Gasteiger partial charge in [-0.3, -0.25) is 14.4 Å². The molecule has 0 radical (unpaired) electrons. The van der Waals surface area contributed by atoms with Crippen molar-refractivity contribution in [2.45, 2.75) is 13.0 Å². The molecule has 0 N–H and O–H groups in total. The van der Waals surface area contributed by atoms with Crippen LogP contribution in [0.3, 0.4) is 0 Å². The summed E-state index contributed by atoms with van der Waals surface area (Å²) < 4.78 is 4.63. The molecule has 6 nitrogen and oxygen atoms in total. The van der Waals surface area contributed by atoms with E-state index in [0.29, 0.717) is 4.90 Å². The molecule has 0 rings (SSSR count). The number of amides is 3. The van der Waals surface area contributed by atoms with Crippen molar-refractivity contribution in [3.05, 3.63) is 0 Å². The third-order valence-electron chi connectivity index (χ3n) is 1.77. The van der Waals surface area contributed by atoms with Gasteiger partial charge in [-0.1, -0.05) is 38.5 Å². The van der Waals surface area contributed by atoms with Crippen molar-refractivity contribution in [1.29, 1.82) is 0 Å².